The Hall–Kier alpha value is -1.47. The standard InChI is InChI=1S/C13H22N4O3/c1-2-15(11-5-3-4-6-11)9-13(18)10-16-8-12(7-14-16)17(19)20/h7-8,11,13,18H,2-6,9-10H2,1H3. The minimum atomic E-state index is -0.560. The summed E-state index contributed by atoms with van der Waals surface area (Å²) in [6, 6.07) is 0.571. The number of hydrogen-bond donors (Lipinski definition) is 1. The van der Waals surface area contributed by atoms with Crippen LogP contribution in [0.3, 0.4) is 0 Å². The van der Waals surface area contributed by atoms with Crippen LogP contribution in [0.2, 0.25) is 0 Å². The molecule has 112 valence electrons. The highest BCUT2D eigenvalue weighted by molar-refractivity contribution is 5.20. The molecule has 1 saturated carbocycles. The average Bonchev–Trinajstić information content (AvgIpc) is 3.06. The van der Waals surface area contributed by atoms with Gasteiger partial charge in [-0.1, -0.05) is 19.8 Å². The van der Waals surface area contributed by atoms with Crippen LogP contribution < -0.4 is 0 Å². The van der Waals surface area contributed by atoms with Gasteiger partial charge in [-0.05, 0) is 19.4 Å². The van der Waals surface area contributed by atoms with E-state index in [1.54, 1.807) is 0 Å². The smallest absolute Gasteiger partial charge is 0.306 e. The van der Waals surface area contributed by atoms with Gasteiger partial charge in [-0.15, -0.1) is 0 Å². The Morgan fingerprint density at radius 3 is 2.85 bits per heavy atom. The van der Waals surface area contributed by atoms with Gasteiger partial charge in [-0.2, -0.15) is 5.10 Å². The third kappa shape index (κ3) is 3.77. The van der Waals surface area contributed by atoms with Crippen molar-refractivity contribution in [3.8, 4) is 0 Å². The van der Waals surface area contributed by atoms with Crippen LogP contribution in [0.1, 0.15) is 32.6 Å². The molecular weight excluding hydrogens is 260 g/mol. The first kappa shape index (κ1) is 14.9. The molecular formula is C13H22N4O3. The number of aromatic nitrogens is 2. The molecule has 2 rings (SSSR count). The summed E-state index contributed by atoms with van der Waals surface area (Å²) >= 11 is 0. The van der Waals surface area contributed by atoms with Crippen molar-refractivity contribution in [2.75, 3.05) is 13.1 Å². The van der Waals surface area contributed by atoms with Crippen molar-refractivity contribution in [3.05, 3.63) is 22.5 Å². The van der Waals surface area contributed by atoms with Crippen LogP contribution in [0, 0.1) is 10.1 Å². The van der Waals surface area contributed by atoms with Gasteiger partial charge in [0.05, 0.1) is 17.6 Å². The van der Waals surface area contributed by atoms with E-state index in [0.29, 0.717) is 12.6 Å². The van der Waals surface area contributed by atoms with Crippen molar-refractivity contribution in [1.82, 2.24) is 14.7 Å². The summed E-state index contributed by atoms with van der Waals surface area (Å²) in [7, 11) is 0. The van der Waals surface area contributed by atoms with Crippen molar-refractivity contribution >= 4 is 5.69 Å². The molecule has 1 aliphatic carbocycles. The molecule has 1 unspecified atom stereocenters. The Balaban J connectivity index is 1.86. The number of nitro groups is 1. The molecule has 7 heteroatoms. The Morgan fingerprint density at radius 2 is 2.30 bits per heavy atom. The van der Waals surface area contributed by atoms with Crippen LogP contribution in [-0.4, -0.2) is 49.9 Å². The van der Waals surface area contributed by atoms with Crippen LogP contribution in [0.4, 0.5) is 5.69 Å². The second kappa shape index (κ2) is 6.81. The highest BCUT2D eigenvalue weighted by Crippen LogP contribution is 2.23. The zero-order chi connectivity index (χ0) is 14.5. The monoisotopic (exact) mass is 282 g/mol. The van der Waals surface area contributed by atoms with Crippen LogP contribution >= 0.6 is 0 Å². The van der Waals surface area contributed by atoms with Crippen LogP contribution in [0.25, 0.3) is 0 Å². The van der Waals surface area contributed by atoms with Gasteiger partial charge in [0.25, 0.3) is 0 Å². The van der Waals surface area contributed by atoms with E-state index in [0.717, 1.165) is 6.54 Å². The van der Waals surface area contributed by atoms with E-state index in [4.69, 9.17) is 0 Å². The Bertz CT molecular complexity index is 443. The number of aliphatic hydroxyl groups is 1. The number of nitrogens with zero attached hydrogens (tertiary/aromatic N) is 4. The molecule has 1 N–H and O–H groups in total. The molecule has 7 nitrogen and oxygen atoms in total. The molecule has 1 heterocycles. The molecule has 0 spiro atoms. The van der Waals surface area contributed by atoms with Gasteiger partial charge in [0.2, 0.25) is 0 Å². The average molecular weight is 282 g/mol. The molecule has 1 fully saturated rings. The van der Waals surface area contributed by atoms with Gasteiger partial charge in [0.1, 0.15) is 12.4 Å². The maximum atomic E-state index is 10.6. The van der Waals surface area contributed by atoms with Gasteiger partial charge in [0.15, 0.2) is 0 Å². The summed E-state index contributed by atoms with van der Waals surface area (Å²) < 4.78 is 1.44. The third-order valence-electron chi connectivity index (χ3n) is 3.92. The maximum absolute atomic E-state index is 10.6. The van der Waals surface area contributed by atoms with E-state index in [-0.39, 0.29) is 12.2 Å². The lowest BCUT2D eigenvalue weighted by Crippen LogP contribution is -2.40. The zero-order valence-electron chi connectivity index (χ0n) is 11.8. The fourth-order valence-corrected chi connectivity index (χ4v) is 2.90. The van der Waals surface area contributed by atoms with Gasteiger partial charge in [-0.3, -0.25) is 19.7 Å². The van der Waals surface area contributed by atoms with E-state index in [1.165, 1.54) is 42.8 Å². The van der Waals surface area contributed by atoms with Crippen LogP contribution in [-0.2, 0) is 6.54 Å². The molecule has 0 saturated heterocycles. The van der Waals surface area contributed by atoms with E-state index in [1.807, 2.05) is 0 Å². The topological polar surface area (TPSA) is 84.4 Å². The normalized spacial score (nSPS) is 17.8. The number of aliphatic hydroxyl groups excluding tert-OH is 1. The summed E-state index contributed by atoms with van der Waals surface area (Å²) in [6.45, 7) is 3.90. The minimum Gasteiger partial charge on any atom is -0.390 e. The Morgan fingerprint density at radius 1 is 1.60 bits per heavy atom. The van der Waals surface area contributed by atoms with E-state index in [2.05, 4.69) is 16.9 Å². The minimum absolute atomic E-state index is 0.0414. The molecule has 0 bridgehead atoms. The predicted molar refractivity (Wildman–Crippen MR) is 74.4 cm³/mol. The van der Waals surface area contributed by atoms with Crippen LogP contribution in [0.5, 0.6) is 0 Å². The fourth-order valence-electron chi connectivity index (χ4n) is 2.90. The quantitative estimate of drug-likeness (QED) is 0.604. The summed E-state index contributed by atoms with van der Waals surface area (Å²) in [5.41, 5.74) is -0.0414. The largest absolute Gasteiger partial charge is 0.390 e. The summed E-state index contributed by atoms with van der Waals surface area (Å²) in [6.07, 6.45) is 6.94. The molecule has 1 aromatic rings. The number of rotatable bonds is 7. The lowest BCUT2D eigenvalue weighted by atomic mass is 10.2. The highest BCUT2D eigenvalue weighted by Gasteiger charge is 2.23. The van der Waals surface area contributed by atoms with Crippen LogP contribution in [0.15, 0.2) is 12.4 Å². The van der Waals surface area contributed by atoms with E-state index < -0.39 is 11.0 Å². The maximum Gasteiger partial charge on any atom is 0.306 e. The van der Waals surface area contributed by atoms with Gasteiger partial charge < -0.3 is 5.11 Å². The number of likely N-dealkylation sites (N-methyl/N-ethyl adjacent to an activating group) is 1. The number of hydrogen-bond acceptors (Lipinski definition) is 5. The molecule has 1 atom stereocenters. The Labute approximate surface area is 118 Å². The summed E-state index contributed by atoms with van der Waals surface area (Å²) in [5, 5.41) is 24.6. The molecule has 1 aliphatic rings. The first-order chi connectivity index (χ1) is 9.60. The summed E-state index contributed by atoms with van der Waals surface area (Å²) in [5.74, 6) is 0. The molecule has 1 aromatic heterocycles. The second-order valence-electron chi connectivity index (χ2n) is 5.36. The van der Waals surface area contributed by atoms with Crippen molar-refractivity contribution in [3.63, 3.8) is 0 Å². The molecule has 0 aliphatic heterocycles. The predicted octanol–water partition coefficient (Wildman–Crippen LogP) is 1.42. The van der Waals surface area contributed by atoms with Crippen molar-refractivity contribution in [1.29, 1.82) is 0 Å². The van der Waals surface area contributed by atoms with Crippen molar-refractivity contribution in [2.24, 2.45) is 0 Å². The first-order valence-corrected chi connectivity index (χ1v) is 7.19. The zero-order valence-corrected chi connectivity index (χ0v) is 11.8. The fraction of sp³-hybridized carbons (Fsp3) is 0.769. The molecule has 20 heavy (non-hydrogen) atoms. The van der Waals surface area contributed by atoms with Crippen molar-refractivity contribution < 1.29 is 10.0 Å². The molecule has 0 radical (unpaired) electrons. The highest BCUT2D eigenvalue weighted by atomic mass is 16.6. The lowest BCUT2D eigenvalue weighted by Gasteiger charge is -2.29. The van der Waals surface area contributed by atoms with Gasteiger partial charge in [0, 0.05) is 12.6 Å². The van der Waals surface area contributed by atoms with Gasteiger partial charge in [-0.25, -0.2) is 0 Å². The summed E-state index contributed by atoms with van der Waals surface area (Å²) in [4.78, 5) is 12.4. The lowest BCUT2D eigenvalue weighted by molar-refractivity contribution is -0.385. The van der Waals surface area contributed by atoms with E-state index in [9.17, 15) is 15.2 Å². The van der Waals surface area contributed by atoms with E-state index >= 15 is 0 Å². The molecule has 0 amide bonds. The van der Waals surface area contributed by atoms with Crippen molar-refractivity contribution in [2.45, 2.75) is 51.3 Å². The first-order valence-electron chi connectivity index (χ1n) is 7.19. The SMILES string of the molecule is CCN(CC(O)Cn1cc([N+](=O)[O-])cn1)C1CCCC1. The third-order valence-corrected chi connectivity index (χ3v) is 3.92. The van der Waals surface area contributed by atoms with Gasteiger partial charge >= 0.3 is 5.69 Å². The molecule has 0 aromatic carbocycles. The Kier molecular flexibility index (Phi) is 5.08. The second-order valence-corrected chi connectivity index (χ2v) is 5.36.